The summed E-state index contributed by atoms with van der Waals surface area (Å²) in [6.45, 7) is 0.173. The van der Waals surface area contributed by atoms with E-state index in [9.17, 15) is 0 Å². The van der Waals surface area contributed by atoms with Crippen LogP contribution in [0.15, 0.2) is 40.9 Å². The Hall–Kier alpha value is -0.600. The summed E-state index contributed by atoms with van der Waals surface area (Å²) in [5, 5.41) is 8.76. The number of allylic oxidation sites excluding steroid dienone is 1. The Balaban J connectivity index is 1.90. The van der Waals surface area contributed by atoms with Gasteiger partial charge in [-0.15, -0.1) is 0 Å². The van der Waals surface area contributed by atoms with Gasteiger partial charge in [0.1, 0.15) is 0 Å². The topological polar surface area (TPSA) is 20.2 Å². The van der Waals surface area contributed by atoms with Crippen LogP contribution in [0.4, 0.5) is 0 Å². The first-order chi connectivity index (χ1) is 8.29. The fourth-order valence-corrected chi connectivity index (χ4v) is 2.90. The molecule has 1 aliphatic rings. The molecule has 0 bridgehead atoms. The van der Waals surface area contributed by atoms with E-state index in [0.717, 1.165) is 10.4 Å². The third-order valence-corrected chi connectivity index (χ3v) is 4.16. The molecule has 0 heterocycles. The van der Waals surface area contributed by atoms with Gasteiger partial charge in [-0.25, -0.2) is 0 Å². The van der Waals surface area contributed by atoms with Crippen LogP contribution in [0.5, 0.6) is 0 Å². The average Bonchev–Trinajstić information content (AvgIpc) is 2.38. The molecule has 0 saturated heterocycles. The van der Waals surface area contributed by atoms with Crippen LogP contribution < -0.4 is 0 Å². The lowest BCUT2D eigenvalue weighted by Crippen LogP contribution is -2.11. The van der Waals surface area contributed by atoms with E-state index in [2.05, 4.69) is 46.3 Å². The van der Waals surface area contributed by atoms with Gasteiger partial charge in [0.25, 0.3) is 0 Å². The van der Waals surface area contributed by atoms with Crippen molar-refractivity contribution >= 4 is 15.9 Å². The highest BCUT2D eigenvalue weighted by Gasteiger charge is 2.20. The molecule has 0 amide bonds. The maximum Gasteiger partial charge on any atom is 0.0612 e. The minimum atomic E-state index is 0.173. The molecular formula is C15H19BrO. The quantitative estimate of drug-likeness (QED) is 0.826. The van der Waals surface area contributed by atoms with E-state index in [-0.39, 0.29) is 6.61 Å². The molecule has 1 aromatic rings. The first-order valence-corrected chi connectivity index (χ1v) is 7.12. The Morgan fingerprint density at radius 2 is 1.76 bits per heavy atom. The minimum absolute atomic E-state index is 0.173. The van der Waals surface area contributed by atoms with Crippen molar-refractivity contribution in [2.75, 3.05) is 6.61 Å². The first-order valence-electron chi connectivity index (χ1n) is 6.32. The molecule has 92 valence electrons. The number of rotatable bonds is 3. The van der Waals surface area contributed by atoms with Crippen LogP contribution >= 0.6 is 15.9 Å². The highest BCUT2D eigenvalue weighted by molar-refractivity contribution is 9.10. The minimum Gasteiger partial charge on any atom is -0.392 e. The Labute approximate surface area is 112 Å². The van der Waals surface area contributed by atoms with Crippen molar-refractivity contribution in [2.45, 2.75) is 31.6 Å². The van der Waals surface area contributed by atoms with E-state index in [1.807, 2.05) is 6.08 Å². The van der Waals surface area contributed by atoms with Gasteiger partial charge >= 0.3 is 0 Å². The van der Waals surface area contributed by atoms with Crippen LogP contribution in [0.2, 0.25) is 0 Å². The molecule has 1 N–H and O–H groups in total. The summed E-state index contributed by atoms with van der Waals surface area (Å²) in [7, 11) is 0. The highest BCUT2D eigenvalue weighted by Crippen LogP contribution is 2.36. The maximum absolute atomic E-state index is 8.76. The summed E-state index contributed by atoms with van der Waals surface area (Å²) in [5.41, 5.74) is 1.47. The van der Waals surface area contributed by atoms with Crippen LogP contribution in [0.1, 0.15) is 37.2 Å². The van der Waals surface area contributed by atoms with E-state index >= 15 is 0 Å². The fraction of sp³-hybridized carbons (Fsp3) is 0.467. The van der Waals surface area contributed by atoms with E-state index in [1.54, 1.807) is 0 Å². The molecule has 1 fully saturated rings. The SMILES string of the molecule is OCC=CC1CCC(c2ccc(Br)cc2)CC1. The summed E-state index contributed by atoms with van der Waals surface area (Å²) >= 11 is 3.47. The fourth-order valence-electron chi connectivity index (χ4n) is 2.63. The number of halogens is 1. The third kappa shape index (κ3) is 3.68. The molecule has 2 rings (SSSR count). The zero-order chi connectivity index (χ0) is 12.1. The molecular weight excluding hydrogens is 276 g/mol. The Bertz CT molecular complexity index is 361. The molecule has 1 saturated carbocycles. The molecule has 1 aromatic carbocycles. The lowest BCUT2D eigenvalue weighted by molar-refractivity contribution is 0.337. The standard InChI is InChI=1S/C15H19BrO/c16-15-9-7-14(8-10-15)13-5-3-12(4-6-13)2-1-11-17/h1-2,7-10,12-13,17H,3-6,11H2. The van der Waals surface area contributed by atoms with Gasteiger partial charge in [-0.1, -0.05) is 40.2 Å². The molecule has 0 spiro atoms. The van der Waals surface area contributed by atoms with Crippen LogP contribution in [0, 0.1) is 5.92 Å². The molecule has 2 heteroatoms. The second-order valence-corrected chi connectivity index (χ2v) is 5.69. The predicted molar refractivity (Wildman–Crippen MR) is 75.1 cm³/mol. The Morgan fingerprint density at radius 1 is 1.12 bits per heavy atom. The normalized spacial score (nSPS) is 25.3. The van der Waals surface area contributed by atoms with Crippen molar-refractivity contribution in [3.63, 3.8) is 0 Å². The number of aliphatic hydroxyl groups excluding tert-OH is 1. The van der Waals surface area contributed by atoms with E-state index in [1.165, 1.54) is 31.2 Å². The number of benzene rings is 1. The van der Waals surface area contributed by atoms with Gasteiger partial charge in [-0.3, -0.25) is 0 Å². The van der Waals surface area contributed by atoms with Gasteiger partial charge in [-0.05, 0) is 55.2 Å². The Kier molecular flexibility index (Phi) is 4.81. The van der Waals surface area contributed by atoms with Crippen LogP contribution in [-0.2, 0) is 0 Å². The number of hydrogen-bond donors (Lipinski definition) is 1. The lowest BCUT2D eigenvalue weighted by Gasteiger charge is -2.27. The van der Waals surface area contributed by atoms with Crippen molar-refractivity contribution in [2.24, 2.45) is 5.92 Å². The Morgan fingerprint density at radius 3 is 2.35 bits per heavy atom. The summed E-state index contributed by atoms with van der Waals surface area (Å²) in [5.74, 6) is 1.40. The lowest BCUT2D eigenvalue weighted by atomic mass is 9.78. The zero-order valence-corrected chi connectivity index (χ0v) is 11.6. The molecule has 0 aromatic heterocycles. The van der Waals surface area contributed by atoms with Crippen molar-refractivity contribution in [1.82, 2.24) is 0 Å². The van der Waals surface area contributed by atoms with Gasteiger partial charge in [0.05, 0.1) is 6.61 Å². The summed E-state index contributed by atoms with van der Waals surface area (Å²) in [4.78, 5) is 0. The van der Waals surface area contributed by atoms with Gasteiger partial charge in [0, 0.05) is 4.47 Å². The molecule has 0 radical (unpaired) electrons. The van der Waals surface area contributed by atoms with Crippen molar-refractivity contribution in [1.29, 1.82) is 0 Å². The molecule has 0 atom stereocenters. The van der Waals surface area contributed by atoms with Crippen LogP contribution in [0.25, 0.3) is 0 Å². The van der Waals surface area contributed by atoms with E-state index in [0.29, 0.717) is 5.92 Å². The summed E-state index contributed by atoms with van der Waals surface area (Å²) in [6.07, 6.45) is 9.08. The molecule has 1 nitrogen and oxygen atoms in total. The number of aliphatic hydroxyl groups is 1. The highest BCUT2D eigenvalue weighted by atomic mass is 79.9. The zero-order valence-electron chi connectivity index (χ0n) is 9.98. The smallest absolute Gasteiger partial charge is 0.0612 e. The average molecular weight is 295 g/mol. The maximum atomic E-state index is 8.76. The van der Waals surface area contributed by atoms with Gasteiger partial charge in [-0.2, -0.15) is 0 Å². The second kappa shape index (κ2) is 6.36. The van der Waals surface area contributed by atoms with Crippen molar-refractivity contribution in [3.05, 3.63) is 46.5 Å². The molecule has 0 unspecified atom stereocenters. The molecule has 0 aliphatic heterocycles. The monoisotopic (exact) mass is 294 g/mol. The molecule has 1 aliphatic carbocycles. The van der Waals surface area contributed by atoms with Gasteiger partial charge in [0.2, 0.25) is 0 Å². The summed E-state index contributed by atoms with van der Waals surface area (Å²) < 4.78 is 1.15. The van der Waals surface area contributed by atoms with Gasteiger partial charge in [0.15, 0.2) is 0 Å². The largest absolute Gasteiger partial charge is 0.392 e. The second-order valence-electron chi connectivity index (χ2n) is 4.77. The van der Waals surface area contributed by atoms with E-state index in [4.69, 9.17) is 5.11 Å². The predicted octanol–water partition coefficient (Wildman–Crippen LogP) is 4.27. The third-order valence-electron chi connectivity index (χ3n) is 3.63. The van der Waals surface area contributed by atoms with Gasteiger partial charge < -0.3 is 5.11 Å². The van der Waals surface area contributed by atoms with Crippen molar-refractivity contribution < 1.29 is 5.11 Å². The van der Waals surface area contributed by atoms with Crippen LogP contribution in [-0.4, -0.2) is 11.7 Å². The first kappa shape index (κ1) is 12.8. The number of hydrogen-bond acceptors (Lipinski definition) is 1. The summed E-state index contributed by atoms with van der Waals surface area (Å²) in [6, 6.07) is 8.73. The van der Waals surface area contributed by atoms with Crippen LogP contribution in [0.3, 0.4) is 0 Å². The van der Waals surface area contributed by atoms with E-state index < -0.39 is 0 Å². The van der Waals surface area contributed by atoms with Crippen molar-refractivity contribution in [3.8, 4) is 0 Å². The molecule has 17 heavy (non-hydrogen) atoms.